The van der Waals surface area contributed by atoms with Crippen molar-refractivity contribution < 1.29 is 59.4 Å². The molecule has 0 aliphatic carbocycles. The monoisotopic (exact) mass is 460 g/mol. The van der Waals surface area contributed by atoms with E-state index in [1.807, 2.05) is 6.92 Å². The van der Waals surface area contributed by atoms with Crippen molar-refractivity contribution in [2.45, 2.75) is 50.0 Å². The summed E-state index contributed by atoms with van der Waals surface area (Å²) < 4.78 is 27.4. The summed E-state index contributed by atoms with van der Waals surface area (Å²) in [6.07, 6.45) is -4.54. The van der Waals surface area contributed by atoms with Crippen LogP contribution in [0.5, 0.6) is 0 Å². The summed E-state index contributed by atoms with van der Waals surface area (Å²) in [6.45, 7) is 0.217. The largest absolute Gasteiger partial charge is 0.394 e. The maximum absolute atomic E-state index is 9.63. The number of aliphatic hydroxyl groups is 7. The van der Waals surface area contributed by atoms with E-state index in [1.165, 1.54) is 0 Å². The van der Waals surface area contributed by atoms with Crippen LogP contribution < -0.4 is 0 Å². The van der Waals surface area contributed by atoms with E-state index in [2.05, 4.69) is 0 Å². The first-order valence-electron chi connectivity index (χ1n) is 10.4. The summed E-state index contributed by atoms with van der Waals surface area (Å²) in [6, 6.07) is 0. The minimum absolute atomic E-state index is 0.00824. The van der Waals surface area contributed by atoms with E-state index in [0.717, 1.165) is 0 Å². The normalized spacial score (nSPS) is 17.8. The van der Waals surface area contributed by atoms with Crippen LogP contribution >= 0.6 is 0 Å². The second kappa shape index (κ2) is 20.1. The lowest BCUT2D eigenvalue weighted by atomic mass is 10.3. The molecule has 5 atom stereocenters. The number of aliphatic hydroxyl groups excluding tert-OH is 7. The van der Waals surface area contributed by atoms with Gasteiger partial charge in [0.25, 0.3) is 0 Å². The summed E-state index contributed by atoms with van der Waals surface area (Å²) in [4.78, 5) is 0. The molecule has 12 nitrogen and oxygen atoms in total. The Morgan fingerprint density at radius 2 is 0.774 bits per heavy atom. The van der Waals surface area contributed by atoms with Crippen molar-refractivity contribution in [1.82, 2.24) is 0 Å². The Morgan fingerprint density at radius 3 is 1.03 bits per heavy atom. The SMILES string of the molecule is CCC(O)COCC(COCC(O)CO)OC(COCC(O)CO)COCC(O)CO. The lowest BCUT2D eigenvalue weighted by Gasteiger charge is -2.26. The third-order valence-corrected chi connectivity index (χ3v) is 3.94. The van der Waals surface area contributed by atoms with Crippen LogP contribution in [0.25, 0.3) is 0 Å². The molecule has 0 aliphatic heterocycles. The molecule has 0 aliphatic rings. The van der Waals surface area contributed by atoms with Gasteiger partial charge in [0.2, 0.25) is 0 Å². The molecule has 0 rings (SSSR count). The smallest absolute Gasteiger partial charge is 0.105 e. The minimum Gasteiger partial charge on any atom is -0.394 e. The fraction of sp³-hybridized carbons (Fsp3) is 1.00. The fourth-order valence-electron chi connectivity index (χ4n) is 2.14. The second-order valence-electron chi connectivity index (χ2n) is 7.10. The van der Waals surface area contributed by atoms with E-state index in [0.29, 0.717) is 6.42 Å². The molecule has 188 valence electrons. The average Bonchev–Trinajstić information content (AvgIpc) is 2.77. The minimum atomic E-state index is -1.05. The predicted molar refractivity (Wildman–Crippen MR) is 108 cm³/mol. The highest BCUT2D eigenvalue weighted by Gasteiger charge is 2.20. The van der Waals surface area contributed by atoms with Crippen molar-refractivity contribution >= 4 is 0 Å². The third kappa shape index (κ3) is 17.7. The molecule has 0 radical (unpaired) electrons. The van der Waals surface area contributed by atoms with E-state index in [4.69, 9.17) is 39.0 Å². The average molecular weight is 461 g/mol. The summed E-state index contributed by atoms with van der Waals surface area (Å²) in [5.74, 6) is 0. The van der Waals surface area contributed by atoms with Crippen LogP contribution in [-0.4, -0.2) is 145 Å². The van der Waals surface area contributed by atoms with Crippen LogP contribution in [0.3, 0.4) is 0 Å². The van der Waals surface area contributed by atoms with Crippen LogP contribution in [-0.2, 0) is 23.7 Å². The Labute approximate surface area is 182 Å². The van der Waals surface area contributed by atoms with Crippen LogP contribution in [0.4, 0.5) is 0 Å². The van der Waals surface area contributed by atoms with Crippen LogP contribution in [0.1, 0.15) is 13.3 Å². The number of hydrogen-bond donors (Lipinski definition) is 7. The van der Waals surface area contributed by atoms with Gasteiger partial charge in [0.05, 0.1) is 78.8 Å². The lowest BCUT2D eigenvalue weighted by molar-refractivity contribution is -0.146. The van der Waals surface area contributed by atoms with Gasteiger partial charge in [0, 0.05) is 0 Å². The summed E-state index contributed by atoms with van der Waals surface area (Å²) in [5, 5.41) is 64.5. The lowest BCUT2D eigenvalue weighted by Crippen LogP contribution is -2.38. The van der Waals surface area contributed by atoms with E-state index in [9.17, 15) is 20.4 Å². The van der Waals surface area contributed by atoms with Crippen molar-refractivity contribution in [3.63, 3.8) is 0 Å². The van der Waals surface area contributed by atoms with Gasteiger partial charge in [-0.1, -0.05) is 6.92 Å². The highest BCUT2D eigenvalue weighted by Crippen LogP contribution is 2.06. The van der Waals surface area contributed by atoms with Gasteiger partial charge in [0.15, 0.2) is 0 Å². The number of ether oxygens (including phenoxy) is 5. The quantitative estimate of drug-likeness (QED) is 0.0851. The molecule has 0 spiro atoms. The molecule has 0 aromatic rings. The predicted octanol–water partition coefficient (Wildman–Crippen LogP) is -3.36. The first-order chi connectivity index (χ1) is 14.9. The second-order valence-corrected chi connectivity index (χ2v) is 7.10. The van der Waals surface area contributed by atoms with E-state index in [-0.39, 0.29) is 52.9 Å². The molecule has 7 N–H and O–H groups in total. The molecule has 0 aromatic heterocycles. The van der Waals surface area contributed by atoms with Gasteiger partial charge >= 0.3 is 0 Å². The summed E-state index contributed by atoms with van der Waals surface area (Å²) in [5.41, 5.74) is 0. The molecule has 0 amide bonds. The van der Waals surface area contributed by atoms with Crippen LogP contribution in [0.15, 0.2) is 0 Å². The van der Waals surface area contributed by atoms with Crippen molar-refractivity contribution in [2.24, 2.45) is 0 Å². The standard InChI is InChI=1S/C19H40O12/c1-2-14(23)6-27-10-18(11-28-7-15(24)3-20)31-19(12-29-8-16(25)4-21)13-30-9-17(26)5-22/h14-26H,2-13H2,1H3. The third-order valence-electron chi connectivity index (χ3n) is 3.94. The summed E-state index contributed by atoms with van der Waals surface area (Å²) >= 11 is 0. The maximum atomic E-state index is 9.63. The van der Waals surface area contributed by atoms with E-state index >= 15 is 0 Å². The van der Waals surface area contributed by atoms with Gasteiger partial charge < -0.3 is 59.4 Å². The highest BCUT2D eigenvalue weighted by atomic mass is 16.6. The zero-order valence-electron chi connectivity index (χ0n) is 18.1. The first kappa shape index (κ1) is 30.5. The van der Waals surface area contributed by atoms with Gasteiger partial charge in [-0.3, -0.25) is 0 Å². The molecule has 0 aromatic carbocycles. The van der Waals surface area contributed by atoms with Gasteiger partial charge in [-0.05, 0) is 6.42 Å². The zero-order valence-corrected chi connectivity index (χ0v) is 18.1. The Morgan fingerprint density at radius 1 is 0.484 bits per heavy atom. The fourth-order valence-corrected chi connectivity index (χ4v) is 2.14. The molecule has 12 heteroatoms. The Balaban J connectivity index is 4.80. The molecule has 0 fully saturated rings. The molecular weight excluding hydrogens is 420 g/mol. The molecule has 0 saturated heterocycles. The van der Waals surface area contributed by atoms with Crippen LogP contribution in [0.2, 0.25) is 0 Å². The van der Waals surface area contributed by atoms with Gasteiger partial charge in [0.1, 0.15) is 30.5 Å². The maximum Gasteiger partial charge on any atom is 0.105 e. The topological polar surface area (TPSA) is 188 Å². The summed E-state index contributed by atoms with van der Waals surface area (Å²) in [7, 11) is 0. The molecule has 0 bridgehead atoms. The molecule has 0 heterocycles. The van der Waals surface area contributed by atoms with Crippen LogP contribution in [0, 0.1) is 0 Å². The van der Waals surface area contributed by atoms with Crippen molar-refractivity contribution in [3.05, 3.63) is 0 Å². The molecular formula is C19H40O12. The zero-order chi connectivity index (χ0) is 23.5. The Hall–Kier alpha value is -0.480. The van der Waals surface area contributed by atoms with Gasteiger partial charge in [-0.15, -0.1) is 0 Å². The van der Waals surface area contributed by atoms with Crippen molar-refractivity contribution in [3.8, 4) is 0 Å². The van der Waals surface area contributed by atoms with Gasteiger partial charge in [-0.2, -0.15) is 0 Å². The van der Waals surface area contributed by atoms with Gasteiger partial charge in [-0.25, -0.2) is 0 Å². The molecule has 5 unspecified atom stereocenters. The Bertz CT molecular complexity index is 323. The highest BCUT2D eigenvalue weighted by molar-refractivity contribution is 4.66. The number of rotatable bonds is 22. The first-order valence-corrected chi connectivity index (χ1v) is 10.4. The van der Waals surface area contributed by atoms with Crippen molar-refractivity contribution in [1.29, 1.82) is 0 Å². The molecule has 0 saturated carbocycles. The van der Waals surface area contributed by atoms with E-state index in [1.54, 1.807) is 0 Å². The van der Waals surface area contributed by atoms with E-state index < -0.39 is 56.4 Å². The van der Waals surface area contributed by atoms with Crippen molar-refractivity contribution in [2.75, 3.05) is 72.7 Å². The molecule has 31 heavy (non-hydrogen) atoms. The number of hydrogen-bond acceptors (Lipinski definition) is 12. The Kier molecular flexibility index (Phi) is 19.8.